The lowest BCUT2D eigenvalue weighted by atomic mass is 10.1. The highest BCUT2D eigenvalue weighted by Crippen LogP contribution is 2.25. The number of nitrogens with zero attached hydrogens (tertiary/aromatic N) is 1. The van der Waals surface area contributed by atoms with Gasteiger partial charge in [0, 0.05) is 25.2 Å². The van der Waals surface area contributed by atoms with Crippen LogP contribution in [0, 0.1) is 0 Å². The summed E-state index contributed by atoms with van der Waals surface area (Å²) in [6.45, 7) is 1.00. The molecule has 1 aliphatic rings. The number of amides is 1. The molecule has 0 aromatic heterocycles. The highest BCUT2D eigenvalue weighted by Gasteiger charge is 2.18. The second-order valence-electron chi connectivity index (χ2n) is 5.42. The van der Waals surface area contributed by atoms with Crippen LogP contribution in [0.4, 0.5) is 5.69 Å². The highest BCUT2D eigenvalue weighted by atomic mass is 32.2. The summed E-state index contributed by atoms with van der Waals surface area (Å²) in [5.74, 6) is -0.0199. The summed E-state index contributed by atoms with van der Waals surface area (Å²) in [5, 5.41) is 2.80. The third-order valence-corrected chi connectivity index (χ3v) is 4.82. The van der Waals surface area contributed by atoms with E-state index in [1.807, 2.05) is 19.0 Å². The number of sulfonamides is 1. The lowest BCUT2D eigenvalue weighted by Crippen LogP contribution is -2.31. The van der Waals surface area contributed by atoms with Crippen molar-refractivity contribution < 1.29 is 13.2 Å². The number of carbonyl (C=O) groups is 1. The van der Waals surface area contributed by atoms with Crippen molar-refractivity contribution in [1.82, 2.24) is 9.62 Å². The molecule has 0 unspecified atom stereocenters. The molecule has 0 fully saturated rings. The summed E-state index contributed by atoms with van der Waals surface area (Å²) >= 11 is 0. The van der Waals surface area contributed by atoms with Crippen LogP contribution in [0.1, 0.15) is 18.4 Å². The van der Waals surface area contributed by atoms with Gasteiger partial charge in [0.1, 0.15) is 0 Å². The molecular weight excluding hydrogens is 290 g/mol. The molecule has 0 aliphatic carbocycles. The molecule has 0 radical (unpaired) electrons. The molecule has 7 heteroatoms. The van der Waals surface area contributed by atoms with E-state index in [0.717, 1.165) is 12.0 Å². The summed E-state index contributed by atoms with van der Waals surface area (Å²) in [6.07, 6.45) is 1.91. The van der Waals surface area contributed by atoms with Crippen LogP contribution in [0.15, 0.2) is 23.1 Å². The van der Waals surface area contributed by atoms with E-state index in [1.165, 1.54) is 6.07 Å². The minimum Gasteiger partial charge on any atom is -0.326 e. The standard InChI is InChI=1S/C14H21N3O3S/c1-17(2)9-8-15-21(19,20)12-6-7-13-11(10-12)4-3-5-14(18)16-13/h6-7,10,15H,3-5,8-9H2,1-2H3,(H,16,18). The largest absolute Gasteiger partial charge is 0.326 e. The molecule has 1 aromatic rings. The number of anilines is 1. The number of aryl methyl sites for hydroxylation is 1. The first-order chi connectivity index (χ1) is 9.88. The minimum atomic E-state index is -3.50. The molecule has 2 rings (SSSR count). The Balaban J connectivity index is 2.17. The van der Waals surface area contributed by atoms with Gasteiger partial charge in [-0.1, -0.05) is 0 Å². The summed E-state index contributed by atoms with van der Waals surface area (Å²) in [7, 11) is 0.272. The van der Waals surface area contributed by atoms with E-state index < -0.39 is 10.0 Å². The minimum absolute atomic E-state index is 0.0199. The topological polar surface area (TPSA) is 78.5 Å². The molecule has 0 saturated carbocycles. The monoisotopic (exact) mass is 311 g/mol. The Hall–Kier alpha value is -1.44. The van der Waals surface area contributed by atoms with Crippen molar-refractivity contribution >= 4 is 21.6 Å². The second kappa shape index (κ2) is 6.55. The maximum atomic E-state index is 12.2. The van der Waals surface area contributed by atoms with E-state index in [-0.39, 0.29) is 10.8 Å². The number of fused-ring (bicyclic) bond motifs is 1. The smallest absolute Gasteiger partial charge is 0.240 e. The van der Waals surface area contributed by atoms with E-state index in [0.29, 0.717) is 31.6 Å². The summed E-state index contributed by atoms with van der Waals surface area (Å²) in [4.78, 5) is 13.6. The van der Waals surface area contributed by atoms with E-state index in [4.69, 9.17) is 0 Å². The van der Waals surface area contributed by atoms with Gasteiger partial charge in [0.15, 0.2) is 0 Å². The molecule has 1 aliphatic heterocycles. The highest BCUT2D eigenvalue weighted by molar-refractivity contribution is 7.89. The molecular formula is C14H21N3O3S. The molecule has 0 atom stereocenters. The van der Waals surface area contributed by atoms with Crippen molar-refractivity contribution in [1.29, 1.82) is 0 Å². The van der Waals surface area contributed by atoms with Crippen molar-refractivity contribution in [2.75, 3.05) is 32.5 Å². The zero-order valence-corrected chi connectivity index (χ0v) is 13.2. The third-order valence-electron chi connectivity index (χ3n) is 3.36. The van der Waals surface area contributed by atoms with E-state index in [2.05, 4.69) is 10.0 Å². The van der Waals surface area contributed by atoms with E-state index >= 15 is 0 Å². The number of benzene rings is 1. The molecule has 21 heavy (non-hydrogen) atoms. The predicted molar refractivity (Wildman–Crippen MR) is 81.8 cm³/mol. The quantitative estimate of drug-likeness (QED) is 0.843. The fraction of sp³-hybridized carbons (Fsp3) is 0.500. The molecule has 116 valence electrons. The van der Waals surface area contributed by atoms with Gasteiger partial charge in [-0.2, -0.15) is 0 Å². The summed E-state index contributed by atoms with van der Waals surface area (Å²) < 4.78 is 27.0. The average Bonchev–Trinajstić information content (AvgIpc) is 2.57. The molecule has 6 nitrogen and oxygen atoms in total. The Morgan fingerprint density at radius 1 is 1.29 bits per heavy atom. The zero-order chi connectivity index (χ0) is 15.5. The van der Waals surface area contributed by atoms with Crippen molar-refractivity contribution in [3.8, 4) is 0 Å². The lowest BCUT2D eigenvalue weighted by Gasteiger charge is -2.13. The Labute approximate surface area is 125 Å². The fourth-order valence-electron chi connectivity index (χ4n) is 2.21. The van der Waals surface area contributed by atoms with E-state index in [9.17, 15) is 13.2 Å². The second-order valence-corrected chi connectivity index (χ2v) is 7.19. The number of likely N-dealkylation sites (N-methyl/N-ethyl adjacent to an activating group) is 1. The summed E-state index contributed by atoms with van der Waals surface area (Å²) in [6, 6.07) is 4.85. The van der Waals surface area contributed by atoms with Crippen LogP contribution >= 0.6 is 0 Å². The van der Waals surface area contributed by atoms with Gasteiger partial charge >= 0.3 is 0 Å². The SMILES string of the molecule is CN(C)CCNS(=O)(=O)c1ccc2c(c1)CCCC(=O)N2. The van der Waals surface area contributed by atoms with Crippen LogP contribution < -0.4 is 10.0 Å². The summed E-state index contributed by atoms with van der Waals surface area (Å²) in [5.41, 5.74) is 1.58. The van der Waals surface area contributed by atoms with Gasteiger partial charge in [0.2, 0.25) is 15.9 Å². The van der Waals surface area contributed by atoms with Crippen molar-refractivity contribution in [3.63, 3.8) is 0 Å². The van der Waals surface area contributed by atoms with Crippen LogP contribution in [-0.2, 0) is 21.2 Å². The maximum Gasteiger partial charge on any atom is 0.240 e. The number of nitrogens with one attached hydrogen (secondary N) is 2. The molecule has 2 N–H and O–H groups in total. The van der Waals surface area contributed by atoms with Gasteiger partial charge < -0.3 is 10.2 Å². The molecule has 1 amide bonds. The molecule has 0 spiro atoms. The Morgan fingerprint density at radius 3 is 2.76 bits per heavy atom. The molecule has 0 saturated heterocycles. The predicted octanol–water partition coefficient (Wildman–Crippen LogP) is 0.801. The average molecular weight is 311 g/mol. The van der Waals surface area contributed by atoms with Crippen LogP contribution in [0.5, 0.6) is 0 Å². The number of rotatable bonds is 5. The molecule has 1 aromatic carbocycles. The Bertz CT molecular complexity index is 626. The van der Waals surface area contributed by atoms with Crippen LogP contribution in [0.25, 0.3) is 0 Å². The van der Waals surface area contributed by atoms with Crippen LogP contribution in [0.2, 0.25) is 0 Å². The first-order valence-corrected chi connectivity index (χ1v) is 8.44. The van der Waals surface area contributed by atoms with E-state index in [1.54, 1.807) is 12.1 Å². The van der Waals surface area contributed by atoms with Crippen molar-refractivity contribution in [3.05, 3.63) is 23.8 Å². The van der Waals surface area contributed by atoms with Gasteiger partial charge in [-0.05, 0) is 50.7 Å². The van der Waals surface area contributed by atoms with Gasteiger partial charge in [-0.25, -0.2) is 13.1 Å². The van der Waals surface area contributed by atoms with Crippen LogP contribution in [0.3, 0.4) is 0 Å². The zero-order valence-electron chi connectivity index (χ0n) is 12.3. The molecule has 0 bridgehead atoms. The van der Waals surface area contributed by atoms with Crippen molar-refractivity contribution in [2.45, 2.75) is 24.2 Å². The van der Waals surface area contributed by atoms with Gasteiger partial charge in [-0.3, -0.25) is 4.79 Å². The Morgan fingerprint density at radius 2 is 2.05 bits per heavy atom. The van der Waals surface area contributed by atoms with Gasteiger partial charge in [0.05, 0.1) is 4.90 Å². The third kappa shape index (κ3) is 4.26. The number of hydrogen-bond donors (Lipinski definition) is 2. The van der Waals surface area contributed by atoms with Crippen LogP contribution in [-0.4, -0.2) is 46.4 Å². The van der Waals surface area contributed by atoms with Gasteiger partial charge in [-0.15, -0.1) is 0 Å². The number of hydrogen-bond acceptors (Lipinski definition) is 4. The van der Waals surface area contributed by atoms with Gasteiger partial charge in [0.25, 0.3) is 0 Å². The Kier molecular flexibility index (Phi) is 4.97. The lowest BCUT2D eigenvalue weighted by molar-refractivity contribution is -0.116. The first kappa shape index (κ1) is 15.9. The normalized spacial score (nSPS) is 15.5. The maximum absolute atomic E-state index is 12.2. The fourth-order valence-corrected chi connectivity index (χ4v) is 3.28. The number of carbonyl (C=O) groups excluding carboxylic acids is 1. The molecule has 1 heterocycles. The first-order valence-electron chi connectivity index (χ1n) is 6.96. The van der Waals surface area contributed by atoms with Crippen molar-refractivity contribution in [2.24, 2.45) is 0 Å².